The first-order valence-electron chi connectivity index (χ1n) is 6.70. The van der Waals surface area contributed by atoms with Gasteiger partial charge in [-0.05, 0) is 37.8 Å². The van der Waals surface area contributed by atoms with Crippen molar-refractivity contribution in [2.24, 2.45) is 11.7 Å². The standard InChI is InChI=1S/C14H20N2O2S/c1-3-11-9(2)7-12(19-11)14(18)16-6-4-5-10(8-16)13(15)17/h7,10H,3-6,8H2,1-2H3,(H2,15,17). The number of piperidine rings is 1. The van der Waals surface area contributed by atoms with Gasteiger partial charge in [0, 0.05) is 18.0 Å². The van der Waals surface area contributed by atoms with Gasteiger partial charge in [0.1, 0.15) is 0 Å². The molecule has 1 aromatic rings. The fraction of sp³-hybridized carbons (Fsp3) is 0.571. The first kappa shape index (κ1) is 14.1. The van der Waals surface area contributed by atoms with E-state index in [0.29, 0.717) is 6.54 Å². The SMILES string of the molecule is CCc1sc(C(=O)N2CCCC(C(N)=O)C2)cc1C. The maximum Gasteiger partial charge on any atom is 0.263 e. The highest BCUT2D eigenvalue weighted by atomic mass is 32.1. The van der Waals surface area contributed by atoms with Crippen LogP contribution in [0.5, 0.6) is 0 Å². The molecule has 1 aromatic heterocycles. The number of hydrogen-bond donors (Lipinski definition) is 1. The van der Waals surface area contributed by atoms with Crippen LogP contribution in [0.1, 0.15) is 39.9 Å². The van der Waals surface area contributed by atoms with Gasteiger partial charge < -0.3 is 10.6 Å². The number of nitrogens with zero attached hydrogens (tertiary/aromatic N) is 1. The molecule has 2 amide bonds. The lowest BCUT2D eigenvalue weighted by atomic mass is 9.97. The van der Waals surface area contributed by atoms with Crippen molar-refractivity contribution < 1.29 is 9.59 Å². The molecule has 0 aliphatic carbocycles. The number of aryl methyl sites for hydroxylation is 2. The van der Waals surface area contributed by atoms with Crippen LogP contribution in [0.4, 0.5) is 0 Å². The Morgan fingerprint density at radius 1 is 1.53 bits per heavy atom. The smallest absolute Gasteiger partial charge is 0.263 e. The highest BCUT2D eigenvalue weighted by Gasteiger charge is 2.28. The molecule has 104 valence electrons. The van der Waals surface area contributed by atoms with E-state index >= 15 is 0 Å². The Labute approximate surface area is 117 Å². The van der Waals surface area contributed by atoms with Crippen molar-refractivity contribution in [3.63, 3.8) is 0 Å². The fourth-order valence-electron chi connectivity index (χ4n) is 2.53. The Balaban J connectivity index is 2.12. The molecular formula is C14H20N2O2S. The van der Waals surface area contributed by atoms with Gasteiger partial charge in [0.2, 0.25) is 5.91 Å². The fourth-order valence-corrected chi connectivity index (χ4v) is 3.61. The van der Waals surface area contributed by atoms with Crippen LogP contribution < -0.4 is 5.73 Å². The summed E-state index contributed by atoms with van der Waals surface area (Å²) in [6.07, 6.45) is 2.60. The van der Waals surface area contributed by atoms with Crippen LogP contribution in [-0.2, 0) is 11.2 Å². The monoisotopic (exact) mass is 280 g/mol. The largest absolute Gasteiger partial charge is 0.369 e. The van der Waals surface area contributed by atoms with Crippen LogP contribution in [-0.4, -0.2) is 29.8 Å². The van der Waals surface area contributed by atoms with Gasteiger partial charge in [0.15, 0.2) is 0 Å². The third-order valence-electron chi connectivity index (χ3n) is 3.66. The summed E-state index contributed by atoms with van der Waals surface area (Å²) in [6.45, 7) is 5.32. The summed E-state index contributed by atoms with van der Waals surface area (Å²) in [5.74, 6) is -0.447. The minimum absolute atomic E-state index is 0.0405. The number of carbonyl (C=O) groups is 2. The zero-order chi connectivity index (χ0) is 14.0. The quantitative estimate of drug-likeness (QED) is 0.920. The highest BCUT2D eigenvalue weighted by Crippen LogP contribution is 2.25. The van der Waals surface area contributed by atoms with Gasteiger partial charge in [0.25, 0.3) is 5.91 Å². The van der Waals surface area contributed by atoms with Crippen LogP contribution >= 0.6 is 11.3 Å². The minimum atomic E-state index is -0.297. The second-order valence-electron chi connectivity index (χ2n) is 5.06. The van der Waals surface area contributed by atoms with Gasteiger partial charge in [-0.1, -0.05) is 6.92 Å². The van der Waals surface area contributed by atoms with E-state index in [1.165, 1.54) is 10.4 Å². The third kappa shape index (κ3) is 2.97. The van der Waals surface area contributed by atoms with Crippen LogP contribution in [0, 0.1) is 12.8 Å². The van der Waals surface area contributed by atoms with Crippen molar-refractivity contribution in [1.29, 1.82) is 0 Å². The number of primary amides is 1. The zero-order valence-electron chi connectivity index (χ0n) is 11.4. The molecular weight excluding hydrogens is 260 g/mol. The van der Waals surface area contributed by atoms with Crippen molar-refractivity contribution in [1.82, 2.24) is 4.90 Å². The lowest BCUT2D eigenvalue weighted by Gasteiger charge is -2.30. The molecule has 0 radical (unpaired) electrons. The molecule has 2 rings (SSSR count). The van der Waals surface area contributed by atoms with Gasteiger partial charge >= 0.3 is 0 Å². The molecule has 2 heterocycles. The maximum atomic E-state index is 12.4. The van der Waals surface area contributed by atoms with E-state index in [4.69, 9.17) is 5.73 Å². The topological polar surface area (TPSA) is 63.4 Å². The number of rotatable bonds is 3. The molecule has 4 nitrogen and oxygen atoms in total. The maximum absolute atomic E-state index is 12.4. The summed E-state index contributed by atoms with van der Waals surface area (Å²) in [5, 5.41) is 0. The number of thiophene rings is 1. The van der Waals surface area contributed by atoms with Crippen molar-refractivity contribution in [3.8, 4) is 0 Å². The molecule has 19 heavy (non-hydrogen) atoms. The van der Waals surface area contributed by atoms with Crippen molar-refractivity contribution in [2.45, 2.75) is 33.1 Å². The predicted molar refractivity (Wildman–Crippen MR) is 76.3 cm³/mol. The second-order valence-corrected chi connectivity index (χ2v) is 6.20. The molecule has 0 spiro atoms. The van der Waals surface area contributed by atoms with Crippen LogP contribution in [0.2, 0.25) is 0 Å². The minimum Gasteiger partial charge on any atom is -0.369 e. The summed E-state index contributed by atoms with van der Waals surface area (Å²) in [7, 11) is 0. The van der Waals surface area contributed by atoms with E-state index in [1.807, 2.05) is 13.0 Å². The van der Waals surface area contributed by atoms with E-state index in [1.54, 1.807) is 16.2 Å². The number of hydrogen-bond acceptors (Lipinski definition) is 3. The number of likely N-dealkylation sites (tertiary alicyclic amines) is 1. The first-order valence-corrected chi connectivity index (χ1v) is 7.52. The highest BCUT2D eigenvalue weighted by molar-refractivity contribution is 7.14. The summed E-state index contributed by atoms with van der Waals surface area (Å²) >= 11 is 1.56. The Hall–Kier alpha value is -1.36. The summed E-state index contributed by atoms with van der Waals surface area (Å²) < 4.78 is 0. The third-order valence-corrected chi connectivity index (χ3v) is 5.03. The van der Waals surface area contributed by atoms with E-state index in [2.05, 4.69) is 6.92 Å². The lowest BCUT2D eigenvalue weighted by Crippen LogP contribution is -2.43. The molecule has 0 saturated carbocycles. The molecule has 5 heteroatoms. The molecule has 2 N–H and O–H groups in total. The summed E-state index contributed by atoms with van der Waals surface area (Å²) in [5.41, 5.74) is 6.52. The molecule has 1 aliphatic heterocycles. The van der Waals surface area contributed by atoms with E-state index < -0.39 is 0 Å². The summed E-state index contributed by atoms with van der Waals surface area (Å²) in [4.78, 5) is 27.5. The second kappa shape index (κ2) is 5.74. The Bertz CT molecular complexity index is 496. The molecule has 1 fully saturated rings. The predicted octanol–water partition coefficient (Wildman–Crippen LogP) is 1.96. The van der Waals surface area contributed by atoms with Gasteiger partial charge in [-0.25, -0.2) is 0 Å². The van der Waals surface area contributed by atoms with Crippen LogP contribution in [0.15, 0.2) is 6.07 Å². The van der Waals surface area contributed by atoms with Gasteiger partial charge in [-0.15, -0.1) is 11.3 Å². The average Bonchev–Trinajstić information content (AvgIpc) is 2.79. The van der Waals surface area contributed by atoms with Gasteiger partial charge in [0.05, 0.1) is 10.8 Å². The number of carbonyl (C=O) groups excluding carboxylic acids is 2. The molecule has 1 atom stereocenters. The lowest BCUT2D eigenvalue weighted by molar-refractivity contribution is -0.123. The van der Waals surface area contributed by atoms with E-state index in [9.17, 15) is 9.59 Å². The van der Waals surface area contributed by atoms with Crippen molar-refractivity contribution in [2.75, 3.05) is 13.1 Å². The molecule has 1 aliphatic rings. The van der Waals surface area contributed by atoms with Gasteiger partial charge in [-0.3, -0.25) is 9.59 Å². The molecule has 1 unspecified atom stereocenters. The van der Waals surface area contributed by atoms with Crippen LogP contribution in [0.25, 0.3) is 0 Å². The number of nitrogens with two attached hydrogens (primary N) is 1. The average molecular weight is 280 g/mol. The molecule has 0 aromatic carbocycles. The van der Waals surface area contributed by atoms with Gasteiger partial charge in [-0.2, -0.15) is 0 Å². The van der Waals surface area contributed by atoms with Crippen LogP contribution in [0.3, 0.4) is 0 Å². The first-order chi connectivity index (χ1) is 9.02. The Morgan fingerprint density at radius 2 is 2.26 bits per heavy atom. The Morgan fingerprint density at radius 3 is 2.84 bits per heavy atom. The van der Waals surface area contributed by atoms with Crippen molar-refractivity contribution in [3.05, 3.63) is 21.4 Å². The normalized spacial score (nSPS) is 19.5. The number of amides is 2. The van der Waals surface area contributed by atoms with Crippen molar-refractivity contribution >= 4 is 23.2 Å². The summed E-state index contributed by atoms with van der Waals surface area (Å²) in [6, 6.07) is 1.96. The molecule has 0 bridgehead atoms. The zero-order valence-corrected chi connectivity index (χ0v) is 12.3. The Kier molecular flexibility index (Phi) is 4.24. The molecule has 1 saturated heterocycles. The van der Waals surface area contributed by atoms with E-state index in [0.717, 1.165) is 30.7 Å². The van der Waals surface area contributed by atoms with E-state index in [-0.39, 0.29) is 17.7 Å².